The first-order valence-electron chi connectivity index (χ1n) is 5.45. The van der Waals surface area contributed by atoms with Gasteiger partial charge in [0.05, 0.1) is 6.42 Å². The van der Waals surface area contributed by atoms with E-state index >= 15 is 0 Å². The zero-order valence-electron chi connectivity index (χ0n) is 9.87. The van der Waals surface area contributed by atoms with Gasteiger partial charge < -0.3 is 9.52 Å². The standard InChI is InChI=1S/C13H8ClF3O3/c14-9-3-1-7(2-4-9)10-5-8(6-11(18)19)12(20-10)13(15,16)17/h1-5H,6H2,(H,18,19). The van der Waals surface area contributed by atoms with Gasteiger partial charge in [-0.05, 0) is 30.3 Å². The van der Waals surface area contributed by atoms with E-state index < -0.39 is 29.9 Å². The maximum absolute atomic E-state index is 12.8. The maximum Gasteiger partial charge on any atom is 0.449 e. The van der Waals surface area contributed by atoms with Crippen LogP contribution in [-0.2, 0) is 17.4 Å². The van der Waals surface area contributed by atoms with Crippen molar-refractivity contribution in [3.63, 3.8) is 0 Å². The van der Waals surface area contributed by atoms with Crippen molar-refractivity contribution in [3.05, 3.63) is 46.7 Å². The monoisotopic (exact) mass is 304 g/mol. The minimum absolute atomic E-state index is 0.0507. The highest BCUT2D eigenvalue weighted by Crippen LogP contribution is 2.37. The van der Waals surface area contributed by atoms with E-state index in [1.54, 1.807) is 0 Å². The van der Waals surface area contributed by atoms with Crippen LogP contribution in [0.1, 0.15) is 11.3 Å². The summed E-state index contributed by atoms with van der Waals surface area (Å²) in [5.41, 5.74) is -0.0218. The summed E-state index contributed by atoms with van der Waals surface area (Å²) in [6.07, 6.45) is -5.50. The Morgan fingerprint density at radius 3 is 2.35 bits per heavy atom. The first-order valence-corrected chi connectivity index (χ1v) is 5.83. The van der Waals surface area contributed by atoms with Gasteiger partial charge in [-0.25, -0.2) is 0 Å². The van der Waals surface area contributed by atoms with Crippen molar-refractivity contribution in [1.82, 2.24) is 0 Å². The number of furan rings is 1. The lowest BCUT2D eigenvalue weighted by Crippen LogP contribution is -2.09. The second-order valence-electron chi connectivity index (χ2n) is 4.04. The molecule has 0 spiro atoms. The van der Waals surface area contributed by atoms with Crippen molar-refractivity contribution in [1.29, 1.82) is 0 Å². The Kier molecular flexibility index (Phi) is 3.76. The molecule has 3 nitrogen and oxygen atoms in total. The number of rotatable bonds is 3. The number of hydrogen-bond donors (Lipinski definition) is 1. The first-order chi connectivity index (χ1) is 9.27. The van der Waals surface area contributed by atoms with Gasteiger partial charge in [0.2, 0.25) is 5.76 Å². The van der Waals surface area contributed by atoms with Crippen molar-refractivity contribution >= 4 is 17.6 Å². The Bertz CT molecular complexity index is 629. The predicted molar refractivity (Wildman–Crippen MR) is 65.5 cm³/mol. The zero-order chi connectivity index (χ0) is 14.9. The molecule has 7 heteroatoms. The lowest BCUT2D eigenvalue weighted by molar-refractivity contribution is -0.153. The Balaban J connectivity index is 2.48. The van der Waals surface area contributed by atoms with Crippen LogP contribution in [0.3, 0.4) is 0 Å². The molecule has 0 aliphatic carbocycles. The number of benzene rings is 1. The molecule has 0 fully saturated rings. The van der Waals surface area contributed by atoms with E-state index in [9.17, 15) is 18.0 Å². The number of alkyl halides is 3. The SMILES string of the molecule is O=C(O)Cc1cc(-c2ccc(Cl)cc2)oc1C(F)(F)F. The summed E-state index contributed by atoms with van der Waals surface area (Å²) in [5, 5.41) is 9.08. The molecule has 0 saturated heterocycles. The minimum Gasteiger partial charge on any atom is -0.481 e. The van der Waals surface area contributed by atoms with Gasteiger partial charge in [0.25, 0.3) is 0 Å². The summed E-state index contributed by atoms with van der Waals surface area (Å²) < 4.78 is 43.1. The molecule has 0 aliphatic heterocycles. The Morgan fingerprint density at radius 1 is 1.25 bits per heavy atom. The largest absolute Gasteiger partial charge is 0.481 e. The summed E-state index contributed by atoms with van der Waals surface area (Å²) in [4.78, 5) is 10.6. The number of halogens is 4. The number of carbonyl (C=O) groups is 1. The molecule has 106 valence electrons. The topological polar surface area (TPSA) is 50.4 Å². The molecule has 0 aliphatic rings. The van der Waals surface area contributed by atoms with E-state index in [2.05, 4.69) is 0 Å². The molecule has 0 saturated carbocycles. The molecular formula is C13H8ClF3O3. The van der Waals surface area contributed by atoms with Gasteiger partial charge in [-0.3, -0.25) is 4.79 Å². The predicted octanol–water partition coefficient (Wildman–Crippen LogP) is 4.25. The maximum atomic E-state index is 12.8. The molecule has 0 atom stereocenters. The number of aliphatic carboxylic acids is 1. The molecule has 1 aromatic heterocycles. The fourth-order valence-electron chi connectivity index (χ4n) is 1.72. The smallest absolute Gasteiger partial charge is 0.449 e. The Labute approximate surface area is 116 Å². The normalized spacial score (nSPS) is 11.6. The van der Waals surface area contributed by atoms with E-state index in [-0.39, 0.29) is 5.76 Å². The van der Waals surface area contributed by atoms with Crippen molar-refractivity contribution in [3.8, 4) is 11.3 Å². The van der Waals surface area contributed by atoms with Crippen molar-refractivity contribution < 1.29 is 27.5 Å². The first kappa shape index (κ1) is 14.5. The summed E-state index contributed by atoms with van der Waals surface area (Å²) in [7, 11) is 0. The van der Waals surface area contributed by atoms with Crippen LogP contribution < -0.4 is 0 Å². The Hall–Kier alpha value is -1.95. The van der Waals surface area contributed by atoms with Crippen LogP contribution in [0.2, 0.25) is 5.02 Å². The number of carboxylic acid groups (broad SMARTS) is 1. The minimum atomic E-state index is -4.74. The van der Waals surface area contributed by atoms with Crippen LogP contribution in [0.5, 0.6) is 0 Å². The third-order valence-corrected chi connectivity index (χ3v) is 2.79. The summed E-state index contributed by atoms with van der Waals surface area (Å²) in [5.74, 6) is -2.70. The molecule has 20 heavy (non-hydrogen) atoms. The van der Waals surface area contributed by atoms with Crippen LogP contribution in [0, 0.1) is 0 Å². The molecule has 1 heterocycles. The fraction of sp³-hybridized carbons (Fsp3) is 0.154. The molecule has 1 aromatic carbocycles. The van der Waals surface area contributed by atoms with Crippen LogP contribution in [0.4, 0.5) is 13.2 Å². The second kappa shape index (κ2) is 5.20. The van der Waals surface area contributed by atoms with E-state index in [1.807, 2.05) is 0 Å². The molecule has 0 unspecified atom stereocenters. The molecule has 0 amide bonds. The van der Waals surface area contributed by atoms with Gasteiger partial charge in [0.15, 0.2) is 0 Å². The summed E-state index contributed by atoms with van der Waals surface area (Å²) in [6, 6.07) is 7.07. The molecule has 0 bridgehead atoms. The average molecular weight is 305 g/mol. The molecule has 2 rings (SSSR count). The third kappa shape index (κ3) is 3.14. The van der Waals surface area contributed by atoms with Gasteiger partial charge >= 0.3 is 12.1 Å². The quantitative estimate of drug-likeness (QED) is 0.922. The highest BCUT2D eigenvalue weighted by atomic mass is 35.5. The highest BCUT2D eigenvalue weighted by molar-refractivity contribution is 6.30. The van der Waals surface area contributed by atoms with Gasteiger partial charge in [-0.2, -0.15) is 13.2 Å². The fourth-order valence-corrected chi connectivity index (χ4v) is 1.85. The molecule has 2 aromatic rings. The molecule has 0 radical (unpaired) electrons. The van der Waals surface area contributed by atoms with Gasteiger partial charge in [-0.1, -0.05) is 11.6 Å². The highest BCUT2D eigenvalue weighted by Gasteiger charge is 2.38. The summed E-state index contributed by atoms with van der Waals surface area (Å²) in [6.45, 7) is 0. The van der Waals surface area contributed by atoms with Crippen LogP contribution >= 0.6 is 11.6 Å². The van der Waals surface area contributed by atoms with E-state index in [4.69, 9.17) is 21.1 Å². The zero-order valence-corrected chi connectivity index (χ0v) is 10.6. The lowest BCUT2D eigenvalue weighted by atomic mass is 10.1. The van der Waals surface area contributed by atoms with Gasteiger partial charge in [0, 0.05) is 16.1 Å². The Morgan fingerprint density at radius 2 is 1.85 bits per heavy atom. The molecule has 1 N–H and O–H groups in total. The van der Waals surface area contributed by atoms with E-state index in [0.29, 0.717) is 10.6 Å². The van der Waals surface area contributed by atoms with E-state index in [1.165, 1.54) is 24.3 Å². The van der Waals surface area contributed by atoms with Crippen LogP contribution in [-0.4, -0.2) is 11.1 Å². The average Bonchev–Trinajstić information content (AvgIpc) is 2.72. The van der Waals surface area contributed by atoms with E-state index in [0.717, 1.165) is 6.07 Å². The van der Waals surface area contributed by atoms with Gasteiger partial charge in [-0.15, -0.1) is 0 Å². The van der Waals surface area contributed by atoms with Crippen molar-refractivity contribution in [2.75, 3.05) is 0 Å². The lowest BCUT2D eigenvalue weighted by Gasteiger charge is -2.04. The van der Waals surface area contributed by atoms with Crippen molar-refractivity contribution in [2.24, 2.45) is 0 Å². The summed E-state index contributed by atoms with van der Waals surface area (Å²) >= 11 is 5.69. The van der Waals surface area contributed by atoms with Gasteiger partial charge in [0.1, 0.15) is 5.76 Å². The number of hydrogen-bond acceptors (Lipinski definition) is 2. The van der Waals surface area contributed by atoms with Crippen LogP contribution in [0.25, 0.3) is 11.3 Å². The number of carboxylic acids is 1. The molecular weight excluding hydrogens is 297 g/mol. The third-order valence-electron chi connectivity index (χ3n) is 2.54. The van der Waals surface area contributed by atoms with Crippen LogP contribution in [0.15, 0.2) is 34.7 Å². The van der Waals surface area contributed by atoms with Crippen molar-refractivity contribution in [2.45, 2.75) is 12.6 Å². The second-order valence-corrected chi connectivity index (χ2v) is 4.48.